The van der Waals surface area contributed by atoms with E-state index in [1.807, 2.05) is 0 Å². The van der Waals surface area contributed by atoms with Crippen LogP contribution in [0.3, 0.4) is 0 Å². The predicted octanol–water partition coefficient (Wildman–Crippen LogP) is 4.03. The number of halogens is 1. The Hall–Kier alpha value is -2.03. The van der Waals surface area contributed by atoms with Crippen LogP contribution in [0, 0.1) is 5.82 Å². The maximum atomic E-state index is 13.4. The molecular formula is C16H17FN2. The van der Waals surface area contributed by atoms with Gasteiger partial charge in [0.2, 0.25) is 0 Å². The molecule has 0 unspecified atom stereocenters. The predicted molar refractivity (Wildman–Crippen MR) is 77.2 cm³/mol. The number of rotatable bonds is 2. The second-order valence-electron chi connectivity index (χ2n) is 5.05. The van der Waals surface area contributed by atoms with Gasteiger partial charge in [-0.1, -0.05) is 6.07 Å². The van der Waals surface area contributed by atoms with Gasteiger partial charge in [0.15, 0.2) is 0 Å². The van der Waals surface area contributed by atoms with E-state index in [0.29, 0.717) is 0 Å². The van der Waals surface area contributed by atoms with Crippen LogP contribution in [0.4, 0.5) is 21.5 Å². The summed E-state index contributed by atoms with van der Waals surface area (Å²) in [6.45, 7) is 0. The first-order valence-corrected chi connectivity index (χ1v) is 6.66. The van der Waals surface area contributed by atoms with E-state index in [1.165, 1.54) is 36.5 Å². The second-order valence-corrected chi connectivity index (χ2v) is 5.05. The van der Waals surface area contributed by atoms with Gasteiger partial charge in [0.25, 0.3) is 0 Å². The molecule has 2 aromatic rings. The molecule has 0 fully saturated rings. The van der Waals surface area contributed by atoms with Crippen LogP contribution < -0.4 is 11.1 Å². The molecule has 1 aliphatic rings. The molecule has 0 radical (unpaired) electrons. The zero-order chi connectivity index (χ0) is 13.2. The number of nitrogens with one attached hydrogen (secondary N) is 1. The van der Waals surface area contributed by atoms with E-state index in [2.05, 4.69) is 23.5 Å². The molecule has 3 heteroatoms. The molecule has 0 aromatic heterocycles. The standard InChI is InChI=1S/C16H17FN2/c17-15-10-14(7-8-16(15)18)19-13-6-5-11-3-1-2-4-12(11)9-13/h5-10,19H,1-4,18H2. The average molecular weight is 256 g/mol. The van der Waals surface area contributed by atoms with Crippen LogP contribution in [-0.2, 0) is 12.8 Å². The molecule has 2 nitrogen and oxygen atoms in total. The summed E-state index contributed by atoms with van der Waals surface area (Å²) in [6.07, 6.45) is 4.85. The third-order valence-corrected chi connectivity index (χ3v) is 3.64. The van der Waals surface area contributed by atoms with Crippen molar-refractivity contribution in [1.29, 1.82) is 0 Å². The van der Waals surface area contributed by atoms with Gasteiger partial charge in [-0.2, -0.15) is 0 Å². The summed E-state index contributed by atoms with van der Waals surface area (Å²) in [5.41, 5.74) is 10.2. The largest absolute Gasteiger partial charge is 0.396 e. The van der Waals surface area contributed by atoms with Crippen molar-refractivity contribution in [2.45, 2.75) is 25.7 Å². The van der Waals surface area contributed by atoms with Crippen LogP contribution in [-0.4, -0.2) is 0 Å². The number of nitrogens with two attached hydrogens (primary N) is 1. The van der Waals surface area contributed by atoms with E-state index < -0.39 is 0 Å². The molecule has 0 bridgehead atoms. The smallest absolute Gasteiger partial charge is 0.148 e. The van der Waals surface area contributed by atoms with Crippen molar-refractivity contribution in [3.05, 3.63) is 53.3 Å². The van der Waals surface area contributed by atoms with Crippen molar-refractivity contribution in [2.24, 2.45) is 0 Å². The topological polar surface area (TPSA) is 38.0 Å². The third kappa shape index (κ3) is 2.55. The van der Waals surface area contributed by atoms with Crippen LogP contribution in [0.25, 0.3) is 0 Å². The van der Waals surface area contributed by atoms with Gasteiger partial charge >= 0.3 is 0 Å². The van der Waals surface area contributed by atoms with Gasteiger partial charge in [0.05, 0.1) is 5.69 Å². The van der Waals surface area contributed by atoms with E-state index in [9.17, 15) is 4.39 Å². The molecule has 0 aliphatic heterocycles. The SMILES string of the molecule is Nc1ccc(Nc2ccc3c(c2)CCCC3)cc1F. The van der Waals surface area contributed by atoms with Crippen molar-refractivity contribution < 1.29 is 4.39 Å². The Morgan fingerprint density at radius 3 is 2.37 bits per heavy atom. The van der Waals surface area contributed by atoms with Crippen molar-refractivity contribution in [3.63, 3.8) is 0 Å². The molecule has 0 spiro atoms. The zero-order valence-electron chi connectivity index (χ0n) is 10.7. The van der Waals surface area contributed by atoms with Crippen molar-refractivity contribution in [3.8, 4) is 0 Å². The number of hydrogen-bond acceptors (Lipinski definition) is 2. The van der Waals surface area contributed by atoms with Crippen LogP contribution in [0.15, 0.2) is 36.4 Å². The molecule has 19 heavy (non-hydrogen) atoms. The first-order chi connectivity index (χ1) is 9.22. The Morgan fingerprint density at radius 2 is 1.58 bits per heavy atom. The van der Waals surface area contributed by atoms with Gasteiger partial charge in [-0.3, -0.25) is 0 Å². The molecular weight excluding hydrogens is 239 g/mol. The summed E-state index contributed by atoms with van der Waals surface area (Å²) >= 11 is 0. The minimum Gasteiger partial charge on any atom is -0.396 e. The highest BCUT2D eigenvalue weighted by atomic mass is 19.1. The zero-order valence-corrected chi connectivity index (χ0v) is 10.7. The van der Waals surface area contributed by atoms with Gasteiger partial charge < -0.3 is 11.1 Å². The van der Waals surface area contributed by atoms with Crippen molar-refractivity contribution in [1.82, 2.24) is 0 Å². The average Bonchev–Trinajstić information content (AvgIpc) is 2.43. The maximum absolute atomic E-state index is 13.4. The third-order valence-electron chi connectivity index (χ3n) is 3.64. The molecule has 1 aliphatic carbocycles. The monoisotopic (exact) mass is 256 g/mol. The lowest BCUT2D eigenvalue weighted by Crippen LogP contribution is -2.03. The molecule has 0 heterocycles. The van der Waals surface area contributed by atoms with E-state index in [-0.39, 0.29) is 11.5 Å². The Kier molecular flexibility index (Phi) is 3.11. The number of nitrogen functional groups attached to an aromatic ring is 1. The highest BCUT2D eigenvalue weighted by Crippen LogP contribution is 2.26. The second kappa shape index (κ2) is 4.92. The lowest BCUT2D eigenvalue weighted by molar-refractivity contribution is 0.633. The number of fused-ring (bicyclic) bond motifs is 1. The Labute approximate surface area is 112 Å². The molecule has 3 rings (SSSR count). The van der Waals surface area contributed by atoms with Crippen LogP contribution >= 0.6 is 0 Å². The molecule has 98 valence electrons. The first kappa shape index (κ1) is 12.0. The minimum absolute atomic E-state index is 0.177. The summed E-state index contributed by atoms with van der Waals surface area (Å²) in [4.78, 5) is 0. The Bertz CT molecular complexity index is 608. The van der Waals surface area contributed by atoms with Gasteiger partial charge in [-0.05, 0) is 67.1 Å². The highest BCUT2D eigenvalue weighted by molar-refractivity contribution is 5.63. The van der Waals surface area contributed by atoms with Crippen LogP contribution in [0.2, 0.25) is 0 Å². The normalized spacial score (nSPS) is 13.9. The fourth-order valence-corrected chi connectivity index (χ4v) is 2.58. The molecule has 0 saturated heterocycles. The van der Waals surface area contributed by atoms with E-state index >= 15 is 0 Å². The van der Waals surface area contributed by atoms with Crippen molar-refractivity contribution in [2.75, 3.05) is 11.1 Å². The van der Waals surface area contributed by atoms with Crippen molar-refractivity contribution >= 4 is 17.1 Å². The molecule has 3 N–H and O–H groups in total. The van der Waals surface area contributed by atoms with E-state index in [1.54, 1.807) is 12.1 Å². The van der Waals surface area contributed by atoms with Crippen LogP contribution in [0.1, 0.15) is 24.0 Å². The highest BCUT2D eigenvalue weighted by Gasteiger charge is 2.09. The number of anilines is 3. The molecule has 0 amide bonds. The minimum atomic E-state index is -0.386. The fourth-order valence-electron chi connectivity index (χ4n) is 2.58. The summed E-state index contributed by atoms with van der Waals surface area (Å²) in [6, 6.07) is 11.2. The Balaban J connectivity index is 1.84. The first-order valence-electron chi connectivity index (χ1n) is 6.66. The number of benzene rings is 2. The van der Waals surface area contributed by atoms with E-state index in [0.717, 1.165) is 17.8 Å². The van der Waals surface area contributed by atoms with Crippen LogP contribution in [0.5, 0.6) is 0 Å². The Morgan fingerprint density at radius 1 is 0.895 bits per heavy atom. The summed E-state index contributed by atoms with van der Waals surface area (Å²) < 4.78 is 13.4. The summed E-state index contributed by atoms with van der Waals surface area (Å²) in [5.74, 6) is -0.386. The van der Waals surface area contributed by atoms with E-state index in [4.69, 9.17) is 5.73 Å². The number of aryl methyl sites for hydroxylation is 2. The maximum Gasteiger partial charge on any atom is 0.148 e. The van der Waals surface area contributed by atoms with Gasteiger partial charge in [0.1, 0.15) is 5.82 Å². The number of hydrogen-bond donors (Lipinski definition) is 2. The lowest BCUT2D eigenvalue weighted by Gasteiger charge is -2.17. The molecule has 0 saturated carbocycles. The summed E-state index contributed by atoms with van der Waals surface area (Å²) in [7, 11) is 0. The summed E-state index contributed by atoms with van der Waals surface area (Å²) in [5, 5.41) is 3.23. The van der Waals surface area contributed by atoms with Gasteiger partial charge in [-0.25, -0.2) is 4.39 Å². The quantitative estimate of drug-likeness (QED) is 0.796. The molecule has 2 aromatic carbocycles. The lowest BCUT2D eigenvalue weighted by atomic mass is 9.91. The van der Waals surface area contributed by atoms with Gasteiger partial charge in [-0.15, -0.1) is 0 Å². The molecule has 0 atom stereocenters. The fraction of sp³-hybridized carbons (Fsp3) is 0.250. The van der Waals surface area contributed by atoms with Gasteiger partial charge in [0, 0.05) is 11.4 Å².